The molecule has 10 heteroatoms. The molecule has 0 amide bonds. The minimum atomic E-state index is -0.602. The smallest absolute Gasteiger partial charge is 0.356 e. The Morgan fingerprint density at radius 1 is 0.509 bits per heavy atom. The number of benzene rings is 4. The van der Waals surface area contributed by atoms with Gasteiger partial charge in [0.1, 0.15) is 11.4 Å². The average molecular weight is 713 g/mol. The highest BCUT2D eigenvalue weighted by atomic mass is 16.5. The maximum atomic E-state index is 12.9. The molecule has 0 aliphatic carbocycles. The van der Waals surface area contributed by atoms with Gasteiger partial charge in [0.15, 0.2) is 6.29 Å². The molecule has 6 aromatic rings. The molecule has 2 heterocycles. The molecule has 0 bridgehead atoms. The van der Waals surface area contributed by atoms with Crippen LogP contribution >= 0.6 is 0 Å². The van der Waals surface area contributed by atoms with Gasteiger partial charge in [-0.1, -0.05) is 60.7 Å². The molecule has 0 spiro atoms. The van der Waals surface area contributed by atoms with Crippen molar-refractivity contribution in [3.63, 3.8) is 0 Å². The molecule has 0 saturated carbocycles. The zero-order valence-corrected chi connectivity index (χ0v) is 30.3. The van der Waals surface area contributed by atoms with Gasteiger partial charge in [-0.2, -0.15) is 0 Å². The summed E-state index contributed by atoms with van der Waals surface area (Å²) in [4.78, 5) is 58.1. The molecule has 0 radical (unpaired) electrons. The quantitative estimate of drug-likeness (QED) is 0.0730. The van der Waals surface area contributed by atoms with Crippen LogP contribution in [-0.4, -0.2) is 67.7 Å². The van der Waals surface area contributed by atoms with Crippen molar-refractivity contribution in [2.45, 2.75) is 27.7 Å². The second-order valence-corrected chi connectivity index (χ2v) is 11.6. The Kier molecular flexibility index (Phi) is 12.7. The summed E-state index contributed by atoms with van der Waals surface area (Å²) in [5.41, 5.74) is 7.46. The van der Waals surface area contributed by atoms with Gasteiger partial charge in [0.2, 0.25) is 0 Å². The second kappa shape index (κ2) is 17.8. The predicted octanol–water partition coefficient (Wildman–Crippen LogP) is 8.78. The van der Waals surface area contributed by atoms with E-state index in [9.17, 15) is 19.2 Å². The van der Waals surface area contributed by atoms with E-state index in [0.717, 1.165) is 40.0 Å². The van der Waals surface area contributed by atoms with Gasteiger partial charge < -0.3 is 18.9 Å². The van der Waals surface area contributed by atoms with E-state index in [1.54, 1.807) is 40.0 Å². The summed E-state index contributed by atoms with van der Waals surface area (Å²) in [5.74, 6) is -1.64. The summed E-state index contributed by atoms with van der Waals surface area (Å²) in [6, 6.07) is 30.2. The molecule has 2 aromatic heterocycles. The first kappa shape index (κ1) is 38.0. The van der Waals surface area contributed by atoms with Gasteiger partial charge in [0.05, 0.1) is 42.0 Å². The summed E-state index contributed by atoms with van der Waals surface area (Å²) in [5, 5.41) is 1.19. The minimum Gasteiger partial charge on any atom is -0.462 e. The molecule has 4 aromatic carbocycles. The third-order valence-electron chi connectivity index (χ3n) is 8.29. The van der Waals surface area contributed by atoms with Crippen LogP contribution < -0.4 is 0 Å². The molecule has 0 unspecified atom stereocenters. The molecular formula is C43H40N2O8. The molecule has 0 N–H and O–H groups in total. The van der Waals surface area contributed by atoms with Crippen molar-refractivity contribution in [3.05, 3.63) is 120 Å². The molecule has 10 nitrogen and oxygen atoms in total. The summed E-state index contributed by atoms with van der Waals surface area (Å²) in [6.07, 6.45) is 0.618. The van der Waals surface area contributed by atoms with Crippen LogP contribution in [0.25, 0.3) is 55.2 Å². The molecule has 0 aliphatic heterocycles. The summed E-state index contributed by atoms with van der Waals surface area (Å²) >= 11 is 0. The Morgan fingerprint density at radius 3 is 1.30 bits per heavy atom. The first-order chi connectivity index (χ1) is 25.7. The van der Waals surface area contributed by atoms with E-state index >= 15 is 0 Å². The van der Waals surface area contributed by atoms with Gasteiger partial charge in [-0.25, -0.2) is 24.4 Å². The fraction of sp³-hybridized carbons (Fsp3) is 0.209. The van der Waals surface area contributed by atoms with Gasteiger partial charge in [0, 0.05) is 24.5 Å². The summed E-state index contributed by atoms with van der Waals surface area (Å²) < 4.78 is 20.1. The molecule has 0 aliphatic rings. The number of carbonyl (C=O) groups excluding carboxylic acids is 4. The lowest BCUT2D eigenvalue weighted by atomic mass is 9.96. The Hall–Kier alpha value is -6.26. The molecule has 0 fully saturated rings. The van der Waals surface area contributed by atoms with E-state index in [1.807, 2.05) is 79.7 Å². The van der Waals surface area contributed by atoms with E-state index in [2.05, 4.69) is 14.7 Å². The molecular weight excluding hydrogens is 672 g/mol. The van der Waals surface area contributed by atoms with Gasteiger partial charge in [-0.3, -0.25) is 4.79 Å². The number of fused-ring (bicyclic) bond motifs is 2. The molecule has 6 rings (SSSR count). The highest BCUT2D eigenvalue weighted by molar-refractivity contribution is 6.07. The maximum Gasteiger partial charge on any atom is 0.356 e. The van der Waals surface area contributed by atoms with Crippen molar-refractivity contribution >= 4 is 46.0 Å². The Bertz CT molecular complexity index is 2260. The third kappa shape index (κ3) is 8.80. The van der Waals surface area contributed by atoms with Crippen LogP contribution in [-0.2, 0) is 18.9 Å². The van der Waals surface area contributed by atoms with E-state index in [0.29, 0.717) is 33.7 Å². The van der Waals surface area contributed by atoms with Crippen LogP contribution in [0.15, 0.2) is 97.1 Å². The average Bonchev–Trinajstić information content (AvgIpc) is 3.20. The largest absolute Gasteiger partial charge is 0.462 e. The van der Waals surface area contributed by atoms with Crippen LogP contribution in [0.1, 0.15) is 69.4 Å². The monoisotopic (exact) mass is 712 g/mol. The normalized spacial score (nSPS) is 10.7. The number of aldehydes is 1. The number of nitrogens with zero attached hydrogens (tertiary/aromatic N) is 2. The molecule has 270 valence electrons. The third-order valence-corrected chi connectivity index (χ3v) is 8.29. The SMILES string of the molecule is CCOC.CCOC(=O)c1cc(C(=O)OCC)c2cc(-c3ccc(-c4ccc(-c5ccc6nc(C=O)cc(C(=O)OCC)c6c5)cc4)cc3)ccc2n1. The van der Waals surface area contributed by atoms with Crippen molar-refractivity contribution < 1.29 is 38.1 Å². The predicted molar refractivity (Wildman–Crippen MR) is 204 cm³/mol. The lowest BCUT2D eigenvalue weighted by Crippen LogP contribution is -2.12. The number of ether oxygens (including phenoxy) is 4. The first-order valence-corrected chi connectivity index (χ1v) is 17.3. The van der Waals surface area contributed by atoms with Crippen molar-refractivity contribution in [2.75, 3.05) is 33.5 Å². The second-order valence-electron chi connectivity index (χ2n) is 11.6. The standard InChI is InChI=1S/C40H32N2O7.C3H8O/c1-4-47-38(44)33-21-30(23-43)41-35-17-15-28(19-31(33)35)26-11-7-24(8-12-26)25-9-13-27(14-10-25)29-16-18-36-32(20-29)34(39(45)48-5-2)22-37(42-36)40(46)49-6-3;1-3-4-2/h7-23H,4-6H2,1-3H3;3H2,1-2H3. The van der Waals surface area contributed by atoms with E-state index in [4.69, 9.17) is 14.2 Å². The number of carbonyl (C=O) groups is 4. The van der Waals surface area contributed by atoms with Crippen molar-refractivity contribution in [2.24, 2.45) is 0 Å². The molecule has 0 saturated heterocycles. The number of rotatable bonds is 11. The van der Waals surface area contributed by atoms with Gasteiger partial charge in [-0.15, -0.1) is 0 Å². The first-order valence-electron chi connectivity index (χ1n) is 17.3. The lowest BCUT2D eigenvalue weighted by molar-refractivity contribution is 0.0511. The zero-order chi connectivity index (χ0) is 37.9. The van der Waals surface area contributed by atoms with Gasteiger partial charge >= 0.3 is 17.9 Å². The Balaban J connectivity index is 0.00000129. The zero-order valence-electron chi connectivity index (χ0n) is 30.3. The van der Waals surface area contributed by atoms with Crippen molar-refractivity contribution in [1.82, 2.24) is 9.97 Å². The number of hydrogen-bond donors (Lipinski definition) is 0. The minimum absolute atomic E-state index is 0.0488. The number of esters is 3. The highest BCUT2D eigenvalue weighted by Crippen LogP contribution is 2.32. The highest BCUT2D eigenvalue weighted by Gasteiger charge is 2.19. The van der Waals surface area contributed by atoms with E-state index in [1.165, 1.54) is 12.1 Å². The van der Waals surface area contributed by atoms with Crippen LogP contribution in [0.2, 0.25) is 0 Å². The molecule has 53 heavy (non-hydrogen) atoms. The fourth-order valence-electron chi connectivity index (χ4n) is 5.67. The summed E-state index contributed by atoms with van der Waals surface area (Å²) in [6.45, 7) is 8.55. The Labute approximate surface area is 307 Å². The number of hydrogen-bond acceptors (Lipinski definition) is 10. The molecule has 0 atom stereocenters. The van der Waals surface area contributed by atoms with Crippen molar-refractivity contribution in [3.8, 4) is 33.4 Å². The van der Waals surface area contributed by atoms with Crippen LogP contribution in [0, 0.1) is 0 Å². The van der Waals surface area contributed by atoms with E-state index in [-0.39, 0.29) is 36.8 Å². The number of methoxy groups -OCH3 is 1. The van der Waals surface area contributed by atoms with E-state index < -0.39 is 17.9 Å². The summed E-state index contributed by atoms with van der Waals surface area (Å²) in [7, 11) is 1.68. The van der Waals surface area contributed by atoms with Crippen LogP contribution in [0.5, 0.6) is 0 Å². The van der Waals surface area contributed by atoms with Crippen LogP contribution in [0.4, 0.5) is 0 Å². The van der Waals surface area contributed by atoms with Gasteiger partial charge in [-0.05, 0) is 97.5 Å². The van der Waals surface area contributed by atoms with Crippen LogP contribution in [0.3, 0.4) is 0 Å². The van der Waals surface area contributed by atoms with Crippen molar-refractivity contribution in [1.29, 1.82) is 0 Å². The van der Waals surface area contributed by atoms with Gasteiger partial charge in [0.25, 0.3) is 0 Å². The lowest BCUT2D eigenvalue weighted by Gasteiger charge is -2.11. The topological polar surface area (TPSA) is 131 Å². The number of aromatic nitrogens is 2. The number of pyridine rings is 2. The Morgan fingerprint density at radius 2 is 0.887 bits per heavy atom. The fourth-order valence-corrected chi connectivity index (χ4v) is 5.67. The maximum absolute atomic E-state index is 12.9.